The lowest BCUT2D eigenvalue weighted by Gasteiger charge is -2.19. The first-order valence-electron chi connectivity index (χ1n) is 9.85. The fourth-order valence-electron chi connectivity index (χ4n) is 3.41. The molecule has 4 heteroatoms. The van der Waals surface area contributed by atoms with E-state index in [0.29, 0.717) is 12.1 Å². The van der Waals surface area contributed by atoms with Crippen molar-refractivity contribution in [3.8, 4) is 0 Å². The van der Waals surface area contributed by atoms with Crippen molar-refractivity contribution in [1.82, 2.24) is 15.1 Å². The van der Waals surface area contributed by atoms with Gasteiger partial charge in [0.15, 0.2) is 0 Å². The van der Waals surface area contributed by atoms with Crippen molar-refractivity contribution in [1.29, 1.82) is 0 Å². The SMILES string of the molecule is CCC(NC(=O)c1ccc(Cn2nc(C)cc2C)cc1)c1ccc(C)c(C)c1. The molecule has 2 aromatic carbocycles. The fourth-order valence-corrected chi connectivity index (χ4v) is 3.41. The zero-order valence-corrected chi connectivity index (χ0v) is 17.4. The van der Waals surface area contributed by atoms with E-state index in [9.17, 15) is 4.79 Å². The van der Waals surface area contributed by atoms with Crippen molar-refractivity contribution in [2.45, 2.75) is 53.6 Å². The van der Waals surface area contributed by atoms with Gasteiger partial charge in [0.05, 0.1) is 18.3 Å². The molecule has 0 fully saturated rings. The molecule has 3 rings (SSSR count). The topological polar surface area (TPSA) is 46.9 Å². The predicted molar refractivity (Wildman–Crippen MR) is 114 cm³/mol. The van der Waals surface area contributed by atoms with Crippen LogP contribution in [0.4, 0.5) is 0 Å². The fraction of sp³-hybridized carbons (Fsp3) is 0.333. The normalized spacial score (nSPS) is 12.0. The van der Waals surface area contributed by atoms with Gasteiger partial charge >= 0.3 is 0 Å². The van der Waals surface area contributed by atoms with Gasteiger partial charge in [0.1, 0.15) is 0 Å². The van der Waals surface area contributed by atoms with E-state index in [2.05, 4.69) is 62.4 Å². The molecule has 0 saturated heterocycles. The molecule has 1 amide bonds. The monoisotopic (exact) mass is 375 g/mol. The van der Waals surface area contributed by atoms with Crippen LogP contribution in [-0.4, -0.2) is 15.7 Å². The smallest absolute Gasteiger partial charge is 0.251 e. The van der Waals surface area contributed by atoms with Gasteiger partial charge in [-0.05, 0) is 74.6 Å². The third kappa shape index (κ3) is 4.50. The second-order valence-corrected chi connectivity index (χ2v) is 7.56. The molecule has 1 unspecified atom stereocenters. The number of amides is 1. The number of nitrogens with one attached hydrogen (secondary N) is 1. The molecule has 0 radical (unpaired) electrons. The zero-order valence-electron chi connectivity index (χ0n) is 17.4. The number of carbonyl (C=O) groups is 1. The van der Waals surface area contributed by atoms with Gasteiger partial charge in [-0.3, -0.25) is 9.48 Å². The molecule has 0 bridgehead atoms. The summed E-state index contributed by atoms with van der Waals surface area (Å²) in [4.78, 5) is 12.7. The molecule has 3 aromatic rings. The Balaban J connectivity index is 1.69. The predicted octanol–water partition coefficient (Wildman–Crippen LogP) is 5.05. The van der Waals surface area contributed by atoms with Crippen LogP contribution in [0.2, 0.25) is 0 Å². The summed E-state index contributed by atoms with van der Waals surface area (Å²) in [7, 11) is 0. The Labute approximate surface area is 167 Å². The minimum atomic E-state index is -0.0391. The highest BCUT2D eigenvalue weighted by Gasteiger charge is 2.15. The van der Waals surface area contributed by atoms with Gasteiger partial charge in [0.2, 0.25) is 0 Å². The summed E-state index contributed by atoms with van der Waals surface area (Å²) in [5, 5.41) is 7.67. The Morgan fingerprint density at radius 3 is 2.29 bits per heavy atom. The number of aryl methyl sites for hydroxylation is 4. The molecule has 0 saturated carbocycles. The van der Waals surface area contributed by atoms with Crippen LogP contribution in [0.1, 0.15) is 63.4 Å². The van der Waals surface area contributed by atoms with Gasteiger partial charge in [0.25, 0.3) is 5.91 Å². The molecular weight excluding hydrogens is 346 g/mol. The highest BCUT2D eigenvalue weighted by Crippen LogP contribution is 2.20. The molecule has 1 heterocycles. The average molecular weight is 376 g/mol. The Bertz CT molecular complexity index is 970. The molecule has 1 N–H and O–H groups in total. The van der Waals surface area contributed by atoms with E-state index in [1.807, 2.05) is 35.9 Å². The minimum absolute atomic E-state index is 0.0150. The molecule has 1 atom stereocenters. The van der Waals surface area contributed by atoms with E-state index in [-0.39, 0.29) is 11.9 Å². The van der Waals surface area contributed by atoms with Crippen LogP contribution < -0.4 is 5.32 Å². The van der Waals surface area contributed by atoms with Crippen LogP contribution >= 0.6 is 0 Å². The summed E-state index contributed by atoms with van der Waals surface area (Å²) in [6, 6.07) is 16.3. The Kier molecular flexibility index (Phi) is 5.98. The van der Waals surface area contributed by atoms with Crippen molar-refractivity contribution in [2.75, 3.05) is 0 Å². The highest BCUT2D eigenvalue weighted by atomic mass is 16.1. The lowest BCUT2D eigenvalue weighted by molar-refractivity contribution is 0.0935. The van der Waals surface area contributed by atoms with Crippen molar-refractivity contribution >= 4 is 5.91 Å². The molecule has 0 aliphatic heterocycles. The summed E-state index contributed by atoms with van der Waals surface area (Å²) in [5.74, 6) is -0.0391. The molecule has 146 valence electrons. The number of carbonyl (C=O) groups excluding carboxylic acids is 1. The summed E-state index contributed by atoms with van der Waals surface area (Å²) >= 11 is 0. The molecule has 28 heavy (non-hydrogen) atoms. The van der Waals surface area contributed by atoms with Crippen molar-refractivity contribution < 1.29 is 4.79 Å². The van der Waals surface area contributed by atoms with Gasteiger partial charge in [0, 0.05) is 11.3 Å². The first-order valence-corrected chi connectivity index (χ1v) is 9.85. The first-order chi connectivity index (χ1) is 13.4. The minimum Gasteiger partial charge on any atom is -0.345 e. The quantitative estimate of drug-likeness (QED) is 0.656. The third-order valence-corrected chi connectivity index (χ3v) is 5.30. The number of rotatable bonds is 6. The van der Waals surface area contributed by atoms with Crippen LogP contribution in [0.25, 0.3) is 0 Å². The summed E-state index contributed by atoms with van der Waals surface area (Å²) < 4.78 is 1.98. The van der Waals surface area contributed by atoms with Crippen molar-refractivity contribution in [3.63, 3.8) is 0 Å². The van der Waals surface area contributed by atoms with E-state index < -0.39 is 0 Å². The molecule has 0 aliphatic carbocycles. The number of aromatic nitrogens is 2. The standard InChI is InChI=1S/C24H29N3O/c1-6-23(22-10-7-16(2)17(3)13-22)25-24(28)21-11-8-20(9-12-21)15-27-19(5)14-18(4)26-27/h7-14,23H,6,15H2,1-5H3,(H,25,28). The number of nitrogens with zero attached hydrogens (tertiary/aromatic N) is 2. The zero-order chi connectivity index (χ0) is 20.3. The first kappa shape index (κ1) is 19.9. The van der Waals surface area contributed by atoms with Gasteiger partial charge in [-0.25, -0.2) is 0 Å². The Morgan fingerprint density at radius 1 is 1.00 bits per heavy atom. The summed E-state index contributed by atoms with van der Waals surface area (Å²) in [6.45, 7) is 11.1. The summed E-state index contributed by atoms with van der Waals surface area (Å²) in [6.07, 6.45) is 0.851. The maximum absolute atomic E-state index is 12.7. The van der Waals surface area contributed by atoms with E-state index >= 15 is 0 Å². The number of hydrogen-bond acceptors (Lipinski definition) is 2. The van der Waals surface area contributed by atoms with Crippen molar-refractivity contribution in [2.24, 2.45) is 0 Å². The molecular formula is C24H29N3O. The van der Waals surface area contributed by atoms with Crippen LogP contribution in [-0.2, 0) is 6.54 Å². The molecule has 0 aliphatic rings. The average Bonchev–Trinajstić information content (AvgIpc) is 2.99. The van der Waals surface area contributed by atoms with Crippen molar-refractivity contribution in [3.05, 3.63) is 87.7 Å². The van der Waals surface area contributed by atoms with Gasteiger partial charge in [-0.15, -0.1) is 0 Å². The maximum atomic E-state index is 12.7. The largest absolute Gasteiger partial charge is 0.345 e. The van der Waals surface area contributed by atoms with E-state index in [1.165, 1.54) is 11.1 Å². The van der Waals surface area contributed by atoms with E-state index in [4.69, 9.17) is 0 Å². The summed E-state index contributed by atoms with van der Waals surface area (Å²) in [5.41, 5.74) is 7.63. The van der Waals surface area contributed by atoms with Crippen LogP contribution in [0.15, 0.2) is 48.5 Å². The molecule has 0 spiro atoms. The van der Waals surface area contributed by atoms with Gasteiger partial charge in [-0.1, -0.05) is 37.3 Å². The van der Waals surface area contributed by atoms with E-state index in [1.54, 1.807) is 0 Å². The third-order valence-electron chi connectivity index (χ3n) is 5.30. The second-order valence-electron chi connectivity index (χ2n) is 7.56. The van der Waals surface area contributed by atoms with Gasteiger partial charge < -0.3 is 5.32 Å². The Morgan fingerprint density at radius 2 is 1.71 bits per heavy atom. The van der Waals surface area contributed by atoms with Crippen LogP contribution in [0.5, 0.6) is 0 Å². The lowest BCUT2D eigenvalue weighted by atomic mass is 9.99. The van der Waals surface area contributed by atoms with Gasteiger partial charge in [-0.2, -0.15) is 5.10 Å². The molecule has 1 aromatic heterocycles. The lowest BCUT2D eigenvalue weighted by Crippen LogP contribution is -2.28. The van der Waals surface area contributed by atoms with Crippen LogP contribution in [0, 0.1) is 27.7 Å². The highest BCUT2D eigenvalue weighted by molar-refractivity contribution is 5.94. The molecule has 4 nitrogen and oxygen atoms in total. The van der Waals surface area contributed by atoms with Crippen LogP contribution in [0.3, 0.4) is 0 Å². The number of benzene rings is 2. The number of hydrogen-bond donors (Lipinski definition) is 1. The Hall–Kier alpha value is -2.88. The maximum Gasteiger partial charge on any atom is 0.251 e. The second kappa shape index (κ2) is 8.42. The van der Waals surface area contributed by atoms with E-state index in [0.717, 1.165) is 28.9 Å².